The molecule has 21 heavy (non-hydrogen) atoms. The standard InChI is InChI=1S/C16H17N3OS/c20-14(17-16-19-18-15(21-16)11-6-7-11)13-8-5-10-3-1-2-4-12(10)9-13/h5,8-9,11H,1-4,6-7H2,(H,17,19,20). The maximum atomic E-state index is 12.3. The van der Waals surface area contributed by atoms with Gasteiger partial charge in [0.1, 0.15) is 5.01 Å². The number of aromatic nitrogens is 2. The first-order valence-electron chi connectivity index (χ1n) is 7.56. The lowest BCUT2D eigenvalue weighted by molar-refractivity contribution is 0.102. The Morgan fingerprint density at radius 3 is 2.76 bits per heavy atom. The van der Waals surface area contributed by atoms with Gasteiger partial charge in [-0.15, -0.1) is 10.2 Å². The van der Waals surface area contributed by atoms with Gasteiger partial charge in [-0.2, -0.15) is 0 Å². The molecule has 0 spiro atoms. The number of carbonyl (C=O) groups excluding carboxylic acids is 1. The van der Waals surface area contributed by atoms with Gasteiger partial charge in [0, 0.05) is 11.5 Å². The van der Waals surface area contributed by atoms with Crippen molar-refractivity contribution in [2.45, 2.75) is 44.4 Å². The van der Waals surface area contributed by atoms with Crippen molar-refractivity contribution in [3.05, 3.63) is 39.9 Å². The Hall–Kier alpha value is -1.75. The summed E-state index contributed by atoms with van der Waals surface area (Å²) in [6, 6.07) is 6.05. The first-order chi connectivity index (χ1) is 10.3. The Morgan fingerprint density at radius 1 is 1.14 bits per heavy atom. The van der Waals surface area contributed by atoms with Crippen molar-refractivity contribution in [2.24, 2.45) is 0 Å². The number of anilines is 1. The van der Waals surface area contributed by atoms with E-state index in [-0.39, 0.29) is 5.91 Å². The van der Waals surface area contributed by atoms with Crippen molar-refractivity contribution < 1.29 is 4.79 Å². The molecule has 2 aromatic rings. The number of aryl methyl sites for hydroxylation is 2. The summed E-state index contributed by atoms with van der Waals surface area (Å²) in [5.74, 6) is 0.499. The third-order valence-corrected chi connectivity index (χ3v) is 5.20. The molecule has 0 radical (unpaired) electrons. The molecule has 4 rings (SSSR count). The van der Waals surface area contributed by atoms with E-state index in [0.29, 0.717) is 11.0 Å². The van der Waals surface area contributed by atoms with Gasteiger partial charge in [-0.25, -0.2) is 0 Å². The number of nitrogens with zero attached hydrogens (tertiary/aromatic N) is 2. The van der Waals surface area contributed by atoms with Crippen LogP contribution in [0.2, 0.25) is 0 Å². The van der Waals surface area contributed by atoms with E-state index in [0.717, 1.165) is 23.4 Å². The number of carbonyl (C=O) groups is 1. The van der Waals surface area contributed by atoms with Crippen LogP contribution in [0, 0.1) is 0 Å². The molecule has 1 aromatic heterocycles. The highest BCUT2D eigenvalue weighted by Gasteiger charge is 2.27. The van der Waals surface area contributed by atoms with Gasteiger partial charge in [0.2, 0.25) is 5.13 Å². The second kappa shape index (κ2) is 5.22. The van der Waals surface area contributed by atoms with E-state index in [4.69, 9.17) is 0 Å². The molecule has 1 amide bonds. The fraction of sp³-hybridized carbons (Fsp3) is 0.438. The zero-order valence-corrected chi connectivity index (χ0v) is 12.6. The molecule has 0 bridgehead atoms. The third-order valence-electron chi connectivity index (χ3n) is 4.20. The molecule has 2 aliphatic carbocycles. The van der Waals surface area contributed by atoms with Crippen LogP contribution < -0.4 is 5.32 Å². The monoisotopic (exact) mass is 299 g/mol. The molecule has 5 heteroatoms. The Kier molecular flexibility index (Phi) is 3.22. The molecule has 1 N–H and O–H groups in total. The number of hydrogen-bond donors (Lipinski definition) is 1. The topological polar surface area (TPSA) is 54.9 Å². The van der Waals surface area contributed by atoms with Gasteiger partial charge in [0.25, 0.3) is 5.91 Å². The highest BCUT2D eigenvalue weighted by molar-refractivity contribution is 7.15. The molecule has 0 unspecified atom stereocenters. The van der Waals surface area contributed by atoms with E-state index in [2.05, 4.69) is 21.6 Å². The maximum absolute atomic E-state index is 12.3. The number of rotatable bonds is 3. The molecule has 2 aliphatic rings. The minimum atomic E-state index is -0.0816. The molecule has 1 saturated carbocycles. The SMILES string of the molecule is O=C(Nc1nnc(C2CC2)s1)c1ccc2c(c1)CCCC2. The van der Waals surface area contributed by atoms with Gasteiger partial charge in [0.05, 0.1) is 0 Å². The number of benzene rings is 1. The number of fused-ring (bicyclic) bond motifs is 1. The van der Waals surface area contributed by atoms with Crippen molar-refractivity contribution >= 4 is 22.4 Å². The fourth-order valence-corrected chi connectivity index (χ4v) is 3.73. The van der Waals surface area contributed by atoms with Gasteiger partial charge in [-0.1, -0.05) is 17.4 Å². The molecule has 108 valence electrons. The van der Waals surface area contributed by atoms with Gasteiger partial charge < -0.3 is 0 Å². The largest absolute Gasteiger partial charge is 0.296 e. The second-order valence-electron chi connectivity index (χ2n) is 5.86. The highest BCUT2D eigenvalue weighted by atomic mass is 32.1. The number of hydrogen-bond acceptors (Lipinski definition) is 4. The van der Waals surface area contributed by atoms with Crippen LogP contribution in [0.1, 0.15) is 58.1 Å². The Labute approximate surface area is 127 Å². The molecule has 0 aliphatic heterocycles. The van der Waals surface area contributed by atoms with Crippen LogP contribution in [0.4, 0.5) is 5.13 Å². The van der Waals surface area contributed by atoms with Crippen molar-refractivity contribution in [1.29, 1.82) is 0 Å². The van der Waals surface area contributed by atoms with Crippen LogP contribution >= 0.6 is 11.3 Å². The molecule has 1 fully saturated rings. The lowest BCUT2D eigenvalue weighted by Crippen LogP contribution is -2.13. The summed E-state index contributed by atoms with van der Waals surface area (Å²) in [5.41, 5.74) is 3.44. The van der Waals surface area contributed by atoms with Gasteiger partial charge in [-0.3, -0.25) is 10.1 Å². The molecular formula is C16H17N3OS. The van der Waals surface area contributed by atoms with Crippen molar-refractivity contribution in [2.75, 3.05) is 5.32 Å². The third kappa shape index (κ3) is 2.70. The van der Waals surface area contributed by atoms with Gasteiger partial charge in [0.15, 0.2) is 0 Å². The first-order valence-corrected chi connectivity index (χ1v) is 8.38. The minimum absolute atomic E-state index is 0.0816. The average Bonchev–Trinajstić information content (AvgIpc) is 3.27. The fourth-order valence-electron chi connectivity index (χ4n) is 2.82. The molecule has 0 atom stereocenters. The van der Waals surface area contributed by atoms with E-state index in [1.165, 1.54) is 48.1 Å². The van der Waals surface area contributed by atoms with E-state index in [9.17, 15) is 4.79 Å². The summed E-state index contributed by atoms with van der Waals surface area (Å²) in [6.45, 7) is 0. The molecule has 1 aromatic carbocycles. The predicted molar refractivity (Wildman–Crippen MR) is 82.9 cm³/mol. The Balaban J connectivity index is 1.50. The zero-order chi connectivity index (χ0) is 14.2. The van der Waals surface area contributed by atoms with Gasteiger partial charge in [-0.05, 0) is 61.8 Å². The van der Waals surface area contributed by atoms with Crippen molar-refractivity contribution in [3.8, 4) is 0 Å². The van der Waals surface area contributed by atoms with Crippen LogP contribution in [0.5, 0.6) is 0 Å². The summed E-state index contributed by atoms with van der Waals surface area (Å²) >= 11 is 1.50. The van der Waals surface area contributed by atoms with E-state index in [1.807, 2.05) is 12.1 Å². The lowest BCUT2D eigenvalue weighted by Gasteiger charge is -2.16. The predicted octanol–water partition coefficient (Wildman–Crippen LogP) is 3.55. The normalized spacial score (nSPS) is 17.3. The Bertz CT molecular complexity index is 691. The highest BCUT2D eigenvalue weighted by Crippen LogP contribution is 2.42. The minimum Gasteiger partial charge on any atom is -0.296 e. The number of nitrogens with one attached hydrogen (secondary N) is 1. The summed E-state index contributed by atoms with van der Waals surface area (Å²) in [5, 5.41) is 12.8. The molecule has 4 nitrogen and oxygen atoms in total. The van der Waals surface area contributed by atoms with Crippen LogP contribution in [0.25, 0.3) is 0 Å². The van der Waals surface area contributed by atoms with Crippen molar-refractivity contribution in [3.63, 3.8) is 0 Å². The summed E-state index contributed by atoms with van der Waals surface area (Å²) in [7, 11) is 0. The van der Waals surface area contributed by atoms with Crippen LogP contribution in [0.3, 0.4) is 0 Å². The Morgan fingerprint density at radius 2 is 1.95 bits per heavy atom. The smallest absolute Gasteiger partial charge is 0.257 e. The van der Waals surface area contributed by atoms with E-state index < -0.39 is 0 Å². The van der Waals surface area contributed by atoms with Crippen LogP contribution in [-0.2, 0) is 12.8 Å². The average molecular weight is 299 g/mol. The molecule has 1 heterocycles. The van der Waals surface area contributed by atoms with E-state index >= 15 is 0 Å². The molecular weight excluding hydrogens is 282 g/mol. The lowest BCUT2D eigenvalue weighted by atomic mass is 9.90. The second-order valence-corrected chi connectivity index (χ2v) is 6.87. The first kappa shape index (κ1) is 13.0. The van der Waals surface area contributed by atoms with E-state index in [1.54, 1.807) is 0 Å². The quantitative estimate of drug-likeness (QED) is 0.943. The summed E-state index contributed by atoms with van der Waals surface area (Å²) in [6.07, 6.45) is 7.10. The molecule has 0 saturated heterocycles. The summed E-state index contributed by atoms with van der Waals surface area (Å²) < 4.78 is 0. The van der Waals surface area contributed by atoms with Gasteiger partial charge >= 0.3 is 0 Å². The number of amides is 1. The zero-order valence-electron chi connectivity index (χ0n) is 11.8. The maximum Gasteiger partial charge on any atom is 0.257 e. The van der Waals surface area contributed by atoms with Crippen LogP contribution in [0.15, 0.2) is 18.2 Å². The van der Waals surface area contributed by atoms with Crippen molar-refractivity contribution in [1.82, 2.24) is 10.2 Å². The van der Waals surface area contributed by atoms with Crippen LogP contribution in [-0.4, -0.2) is 16.1 Å². The summed E-state index contributed by atoms with van der Waals surface area (Å²) in [4.78, 5) is 12.3.